The Hall–Kier alpha value is -4.11. The summed E-state index contributed by atoms with van der Waals surface area (Å²) in [5.74, 6) is 1.46. The van der Waals surface area contributed by atoms with Crippen LogP contribution in [0.1, 0.15) is 18.5 Å². The molecule has 176 valence electrons. The number of rotatable bonds is 5. The molecule has 1 amide bonds. The maximum Gasteiger partial charge on any atom is 0.255 e. The first-order chi connectivity index (χ1) is 16.9. The Labute approximate surface area is 210 Å². The van der Waals surface area contributed by atoms with Crippen LogP contribution in [-0.2, 0) is 4.79 Å². The molecule has 3 aromatic carbocycles. The molecule has 1 aromatic heterocycles. The number of allylic oxidation sites excluding steroid dienone is 1. The van der Waals surface area contributed by atoms with Crippen LogP contribution in [0.2, 0.25) is 0 Å². The summed E-state index contributed by atoms with van der Waals surface area (Å²) < 4.78 is 8.05. The topological polar surface area (TPSA) is 101 Å². The molecule has 8 nitrogen and oxygen atoms in total. The Morgan fingerprint density at radius 3 is 2.51 bits per heavy atom. The third kappa shape index (κ3) is 4.38. The van der Waals surface area contributed by atoms with Crippen LogP contribution in [0.4, 0.5) is 11.6 Å². The van der Waals surface area contributed by atoms with Crippen molar-refractivity contribution < 1.29 is 14.6 Å². The first-order valence-electron chi connectivity index (χ1n) is 10.9. The number of benzene rings is 3. The Bertz CT molecular complexity index is 1430. The van der Waals surface area contributed by atoms with Gasteiger partial charge in [-0.2, -0.15) is 4.98 Å². The number of nitrogens with one attached hydrogen (secondary N) is 2. The average molecular weight is 532 g/mol. The second-order valence-corrected chi connectivity index (χ2v) is 8.94. The fourth-order valence-electron chi connectivity index (χ4n) is 4.07. The SMILES string of the molecule is COc1ccccc1NC(=O)C1=C(C)Nc2nc(-c3ccc(O)cc3)nn2C1c1ccc(Br)cc1. The van der Waals surface area contributed by atoms with Crippen LogP contribution in [0.5, 0.6) is 11.5 Å². The summed E-state index contributed by atoms with van der Waals surface area (Å²) in [6, 6.07) is 21.2. The minimum Gasteiger partial charge on any atom is -0.508 e. The van der Waals surface area contributed by atoms with Gasteiger partial charge in [-0.3, -0.25) is 4.79 Å². The molecule has 0 spiro atoms. The van der Waals surface area contributed by atoms with E-state index in [4.69, 9.17) is 9.84 Å². The average Bonchev–Trinajstić information content (AvgIpc) is 3.28. The predicted octanol–water partition coefficient (Wildman–Crippen LogP) is 5.35. The number of carbonyl (C=O) groups excluding carboxylic acids is 1. The number of nitrogens with zero attached hydrogens (tertiary/aromatic N) is 3. The van der Waals surface area contributed by atoms with E-state index in [2.05, 4.69) is 31.5 Å². The van der Waals surface area contributed by atoms with Crippen LogP contribution in [0.25, 0.3) is 11.4 Å². The van der Waals surface area contributed by atoms with Crippen LogP contribution in [0.3, 0.4) is 0 Å². The minimum absolute atomic E-state index is 0.163. The van der Waals surface area contributed by atoms with Crippen LogP contribution in [0.15, 0.2) is 88.5 Å². The van der Waals surface area contributed by atoms with Crippen molar-refractivity contribution in [2.24, 2.45) is 0 Å². The number of fused-ring (bicyclic) bond motifs is 1. The summed E-state index contributed by atoms with van der Waals surface area (Å²) in [5.41, 5.74) is 3.38. The molecule has 0 saturated carbocycles. The van der Waals surface area contributed by atoms with Gasteiger partial charge in [0.05, 0.1) is 18.4 Å². The molecule has 0 saturated heterocycles. The number of amides is 1. The second-order valence-electron chi connectivity index (χ2n) is 8.02. The molecule has 5 rings (SSSR count). The number of methoxy groups -OCH3 is 1. The van der Waals surface area contributed by atoms with Gasteiger partial charge in [0.15, 0.2) is 5.82 Å². The van der Waals surface area contributed by atoms with Gasteiger partial charge in [-0.25, -0.2) is 4.68 Å². The number of hydrogen-bond acceptors (Lipinski definition) is 6. The Kier molecular flexibility index (Phi) is 6.00. The Morgan fingerprint density at radius 1 is 1.09 bits per heavy atom. The molecule has 9 heteroatoms. The van der Waals surface area contributed by atoms with E-state index in [1.807, 2.05) is 43.3 Å². The zero-order valence-corrected chi connectivity index (χ0v) is 20.6. The van der Waals surface area contributed by atoms with Crippen molar-refractivity contribution in [1.29, 1.82) is 0 Å². The van der Waals surface area contributed by atoms with Gasteiger partial charge in [-0.1, -0.05) is 40.2 Å². The number of carbonyl (C=O) groups is 1. The van der Waals surface area contributed by atoms with E-state index in [-0.39, 0.29) is 11.7 Å². The molecule has 0 fully saturated rings. The second kappa shape index (κ2) is 9.27. The standard InChI is InChI=1S/C26H22BrN5O3/c1-15-22(25(34)29-20-5-3-4-6-21(20)35-2)23(16-7-11-18(27)12-8-16)32-26(28-15)30-24(31-32)17-9-13-19(33)14-10-17/h3-14,23,33H,1-2H3,(H,29,34)(H,28,30,31). The molecule has 3 N–H and O–H groups in total. The van der Waals surface area contributed by atoms with Gasteiger partial charge < -0.3 is 20.5 Å². The third-order valence-electron chi connectivity index (χ3n) is 5.76. The highest BCUT2D eigenvalue weighted by molar-refractivity contribution is 9.10. The van der Waals surface area contributed by atoms with Gasteiger partial charge in [0, 0.05) is 15.7 Å². The lowest BCUT2D eigenvalue weighted by Gasteiger charge is -2.29. The molecule has 2 heterocycles. The largest absolute Gasteiger partial charge is 0.508 e. The highest BCUT2D eigenvalue weighted by Crippen LogP contribution is 2.38. The number of halogens is 1. The van der Waals surface area contributed by atoms with Gasteiger partial charge in [0.25, 0.3) is 5.91 Å². The van der Waals surface area contributed by atoms with Crippen molar-refractivity contribution >= 4 is 33.5 Å². The monoisotopic (exact) mass is 531 g/mol. The molecule has 1 aliphatic heterocycles. The van der Waals surface area contributed by atoms with Crippen molar-refractivity contribution in [2.75, 3.05) is 17.7 Å². The lowest BCUT2D eigenvalue weighted by molar-refractivity contribution is -0.113. The molecule has 1 aliphatic rings. The van der Waals surface area contributed by atoms with Gasteiger partial charge >= 0.3 is 0 Å². The Balaban J connectivity index is 1.59. The molecule has 0 aliphatic carbocycles. The summed E-state index contributed by atoms with van der Waals surface area (Å²) in [6.45, 7) is 1.85. The van der Waals surface area contributed by atoms with Gasteiger partial charge in [-0.05, 0) is 61.0 Å². The van der Waals surface area contributed by atoms with E-state index in [1.54, 1.807) is 48.2 Å². The van der Waals surface area contributed by atoms with Gasteiger partial charge in [-0.15, -0.1) is 5.10 Å². The van der Waals surface area contributed by atoms with E-state index in [0.717, 1.165) is 15.6 Å². The molecule has 35 heavy (non-hydrogen) atoms. The Morgan fingerprint density at radius 2 is 1.80 bits per heavy atom. The lowest BCUT2D eigenvalue weighted by atomic mass is 9.95. The third-order valence-corrected chi connectivity index (χ3v) is 6.29. The first kappa shape index (κ1) is 22.7. The zero-order chi connectivity index (χ0) is 24.5. The summed E-state index contributed by atoms with van der Waals surface area (Å²) in [5, 5.41) is 20.6. The molecule has 1 atom stereocenters. The zero-order valence-electron chi connectivity index (χ0n) is 19.0. The fourth-order valence-corrected chi connectivity index (χ4v) is 4.33. The number of phenols is 1. The van der Waals surface area contributed by atoms with Crippen molar-refractivity contribution in [1.82, 2.24) is 14.8 Å². The number of ether oxygens (including phenoxy) is 1. The molecule has 0 radical (unpaired) electrons. The normalized spacial score (nSPS) is 14.8. The number of aromatic nitrogens is 3. The minimum atomic E-state index is -0.521. The van der Waals surface area contributed by atoms with E-state index in [9.17, 15) is 9.90 Å². The maximum atomic E-state index is 13.7. The van der Waals surface area contributed by atoms with E-state index >= 15 is 0 Å². The van der Waals surface area contributed by atoms with Crippen LogP contribution in [0, 0.1) is 0 Å². The van der Waals surface area contributed by atoms with Crippen molar-refractivity contribution in [2.45, 2.75) is 13.0 Å². The van der Waals surface area contributed by atoms with E-state index in [1.165, 1.54) is 0 Å². The fraction of sp³-hybridized carbons (Fsp3) is 0.115. The molecule has 0 bridgehead atoms. The van der Waals surface area contributed by atoms with Crippen molar-refractivity contribution in [3.63, 3.8) is 0 Å². The predicted molar refractivity (Wildman–Crippen MR) is 137 cm³/mol. The number of aromatic hydroxyl groups is 1. The highest BCUT2D eigenvalue weighted by Gasteiger charge is 2.34. The molecule has 4 aromatic rings. The maximum absolute atomic E-state index is 13.7. The smallest absolute Gasteiger partial charge is 0.255 e. The van der Waals surface area contributed by atoms with Crippen molar-refractivity contribution in [3.8, 4) is 22.9 Å². The van der Waals surface area contributed by atoms with E-state index in [0.29, 0.717) is 34.5 Å². The van der Waals surface area contributed by atoms with Gasteiger partial charge in [0.1, 0.15) is 17.5 Å². The molecular weight excluding hydrogens is 510 g/mol. The van der Waals surface area contributed by atoms with E-state index < -0.39 is 6.04 Å². The lowest BCUT2D eigenvalue weighted by Crippen LogP contribution is -2.31. The molecular formula is C26H22BrN5O3. The van der Waals surface area contributed by atoms with Crippen LogP contribution < -0.4 is 15.4 Å². The van der Waals surface area contributed by atoms with Crippen LogP contribution >= 0.6 is 15.9 Å². The summed E-state index contributed by atoms with van der Waals surface area (Å²) >= 11 is 3.49. The quantitative estimate of drug-likeness (QED) is 0.321. The molecule has 1 unspecified atom stereocenters. The summed E-state index contributed by atoms with van der Waals surface area (Å²) in [4.78, 5) is 18.3. The first-order valence-corrected chi connectivity index (χ1v) is 11.7. The van der Waals surface area contributed by atoms with Crippen LogP contribution in [-0.4, -0.2) is 32.9 Å². The number of hydrogen-bond donors (Lipinski definition) is 3. The summed E-state index contributed by atoms with van der Waals surface area (Å²) in [6.07, 6.45) is 0. The number of phenolic OH excluding ortho intramolecular Hbond substituents is 1. The van der Waals surface area contributed by atoms with Crippen molar-refractivity contribution in [3.05, 3.63) is 94.1 Å². The number of anilines is 2. The number of para-hydroxylation sites is 2. The van der Waals surface area contributed by atoms with Gasteiger partial charge in [0.2, 0.25) is 5.95 Å². The summed E-state index contributed by atoms with van der Waals surface area (Å²) in [7, 11) is 1.56. The highest BCUT2D eigenvalue weighted by atomic mass is 79.9.